The van der Waals surface area contributed by atoms with Gasteiger partial charge in [-0.05, 0) is 49.3 Å². The molecule has 0 amide bonds. The minimum Gasteiger partial charge on any atom is -0.477 e. The number of aryl methyl sites for hydroxylation is 1. The first-order chi connectivity index (χ1) is 13.3. The summed E-state index contributed by atoms with van der Waals surface area (Å²) in [4.78, 5) is 26.1. The second kappa shape index (κ2) is 6.86. The number of carboxylic acid groups (broad SMARTS) is 1. The first kappa shape index (κ1) is 18.9. The maximum absolute atomic E-state index is 15.2. The van der Waals surface area contributed by atoms with Crippen molar-refractivity contribution in [1.29, 1.82) is 0 Å². The second-order valence-corrected chi connectivity index (χ2v) is 7.83. The van der Waals surface area contributed by atoms with Crippen LogP contribution in [-0.2, 0) is 4.74 Å². The summed E-state index contributed by atoms with van der Waals surface area (Å²) < 4.78 is 21.8. The number of hydrogen-bond acceptors (Lipinski definition) is 5. The molecule has 1 aliphatic carbocycles. The minimum absolute atomic E-state index is 0.0988. The maximum Gasteiger partial charge on any atom is 0.341 e. The number of aromatic nitrogens is 1. The van der Waals surface area contributed by atoms with Gasteiger partial charge >= 0.3 is 5.97 Å². The SMILES string of the molecule is CO[C@H]1C[C@H](N)CN(c2c(F)cn3c(=O)c(C(=O)O)cc(C4CC4)c3c2C)C1. The third kappa shape index (κ3) is 3.06. The van der Waals surface area contributed by atoms with E-state index in [0.29, 0.717) is 36.3 Å². The zero-order valence-corrected chi connectivity index (χ0v) is 15.9. The van der Waals surface area contributed by atoms with E-state index in [9.17, 15) is 14.7 Å². The van der Waals surface area contributed by atoms with Crippen molar-refractivity contribution in [3.63, 3.8) is 0 Å². The molecule has 7 nitrogen and oxygen atoms in total. The highest BCUT2D eigenvalue weighted by Gasteiger charge is 2.32. The molecule has 2 fully saturated rings. The Kier molecular flexibility index (Phi) is 4.63. The summed E-state index contributed by atoms with van der Waals surface area (Å²) >= 11 is 0. The fourth-order valence-corrected chi connectivity index (χ4v) is 4.33. The lowest BCUT2D eigenvalue weighted by Gasteiger charge is -2.38. The molecule has 1 saturated heterocycles. The molecule has 2 atom stereocenters. The predicted molar refractivity (Wildman–Crippen MR) is 103 cm³/mol. The molecule has 0 bridgehead atoms. The second-order valence-electron chi connectivity index (χ2n) is 7.83. The van der Waals surface area contributed by atoms with Crippen molar-refractivity contribution >= 4 is 17.2 Å². The van der Waals surface area contributed by atoms with E-state index in [-0.39, 0.29) is 23.6 Å². The number of nitrogens with zero attached hydrogens (tertiary/aromatic N) is 2. The number of aromatic carboxylic acids is 1. The van der Waals surface area contributed by atoms with Crippen molar-refractivity contribution in [2.75, 3.05) is 25.1 Å². The molecule has 28 heavy (non-hydrogen) atoms. The number of piperidine rings is 1. The number of pyridine rings is 2. The summed E-state index contributed by atoms with van der Waals surface area (Å²) in [6.07, 6.45) is 3.58. The molecule has 8 heteroatoms. The molecule has 1 aliphatic heterocycles. The maximum atomic E-state index is 15.2. The van der Waals surface area contributed by atoms with Crippen molar-refractivity contribution in [2.45, 2.75) is 44.2 Å². The first-order valence-electron chi connectivity index (χ1n) is 9.46. The molecule has 0 aromatic carbocycles. The molecule has 4 rings (SSSR count). The summed E-state index contributed by atoms with van der Waals surface area (Å²) in [5, 5.41) is 9.39. The van der Waals surface area contributed by atoms with Gasteiger partial charge in [0.05, 0.1) is 23.5 Å². The highest BCUT2D eigenvalue weighted by atomic mass is 19.1. The predicted octanol–water partition coefficient (Wildman–Crippen LogP) is 1.88. The summed E-state index contributed by atoms with van der Waals surface area (Å²) in [7, 11) is 1.61. The van der Waals surface area contributed by atoms with Gasteiger partial charge in [0.2, 0.25) is 0 Å². The van der Waals surface area contributed by atoms with E-state index in [1.54, 1.807) is 14.0 Å². The lowest BCUT2D eigenvalue weighted by Crippen LogP contribution is -2.50. The number of ether oxygens (including phenoxy) is 1. The van der Waals surface area contributed by atoms with E-state index in [4.69, 9.17) is 10.5 Å². The molecule has 0 spiro atoms. The largest absolute Gasteiger partial charge is 0.477 e. The lowest BCUT2D eigenvalue weighted by atomic mass is 9.99. The first-order valence-corrected chi connectivity index (χ1v) is 9.46. The van der Waals surface area contributed by atoms with Crippen LogP contribution < -0.4 is 16.2 Å². The Bertz CT molecular complexity index is 1010. The number of carboxylic acids is 1. The molecule has 0 radical (unpaired) electrons. The van der Waals surface area contributed by atoms with Crippen molar-refractivity contribution in [3.05, 3.63) is 45.1 Å². The zero-order valence-electron chi connectivity index (χ0n) is 15.9. The van der Waals surface area contributed by atoms with E-state index in [1.807, 2.05) is 4.90 Å². The number of anilines is 1. The van der Waals surface area contributed by atoms with Crippen LogP contribution in [0.4, 0.5) is 10.1 Å². The molecule has 3 heterocycles. The van der Waals surface area contributed by atoms with Gasteiger partial charge in [-0.3, -0.25) is 9.20 Å². The molecule has 2 aliphatic rings. The van der Waals surface area contributed by atoms with E-state index in [1.165, 1.54) is 6.07 Å². The van der Waals surface area contributed by atoms with E-state index in [2.05, 4.69) is 0 Å². The van der Waals surface area contributed by atoms with Crippen molar-refractivity contribution < 1.29 is 19.0 Å². The summed E-state index contributed by atoms with van der Waals surface area (Å²) in [5.41, 5.74) is 7.52. The molecule has 3 N–H and O–H groups in total. The molecular formula is C20H24FN3O4. The van der Waals surface area contributed by atoms with Crippen LogP contribution in [0, 0.1) is 12.7 Å². The van der Waals surface area contributed by atoms with Gasteiger partial charge in [0.15, 0.2) is 5.82 Å². The topological polar surface area (TPSA) is 97.3 Å². The van der Waals surface area contributed by atoms with Gasteiger partial charge in [0, 0.05) is 26.2 Å². The van der Waals surface area contributed by atoms with E-state index in [0.717, 1.165) is 29.0 Å². The Balaban J connectivity index is 1.95. The number of halogens is 1. The van der Waals surface area contributed by atoms with Gasteiger partial charge in [0.25, 0.3) is 5.56 Å². The highest BCUT2D eigenvalue weighted by molar-refractivity contribution is 5.89. The quantitative estimate of drug-likeness (QED) is 0.829. The Morgan fingerprint density at radius 2 is 2.07 bits per heavy atom. The van der Waals surface area contributed by atoms with Gasteiger partial charge < -0.3 is 20.5 Å². The average Bonchev–Trinajstić information content (AvgIpc) is 3.46. The molecule has 2 aromatic rings. The highest BCUT2D eigenvalue weighted by Crippen LogP contribution is 2.44. The summed E-state index contributed by atoms with van der Waals surface area (Å²) in [6, 6.07) is 1.32. The normalized spacial score (nSPS) is 22.6. The van der Waals surface area contributed by atoms with Crippen molar-refractivity contribution in [3.8, 4) is 0 Å². The smallest absolute Gasteiger partial charge is 0.341 e. The van der Waals surface area contributed by atoms with Crippen LogP contribution in [-0.4, -0.2) is 47.8 Å². The minimum atomic E-state index is -1.30. The Hall–Kier alpha value is -2.45. The van der Waals surface area contributed by atoms with Crippen LogP contribution in [0.15, 0.2) is 17.1 Å². The standard InChI is InChI=1S/C20H24FN3O4/c1-10-17-14(11-3-4-11)6-15(20(26)27)19(25)24(17)9-16(21)18(10)23-7-12(22)5-13(8-23)28-2/h6,9,11-13H,3-5,7-8,22H2,1-2H3,(H,26,27)/t12-,13-/m0/s1. The molecule has 1 saturated carbocycles. The van der Waals surface area contributed by atoms with Crippen molar-refractivity contribution in [1.82, 2.24) is 4.40 Å². The average molecular weight is 389 g/mol. The fourth-order valence-electron chi connectivity index (χ4n) is 4.33. The Morgan fingerprint density at radius 1 is 1.36 bits per heavy atom. The third-order valence-electron chi connectivity index (χ3n) is 5.78. The fraction of sp³-hybridized carbons (Fsp3) is 0.500. The Labute approximate surface area is 161 Å². The van der Waals surface area contributed by atoms with Gasteiger partial charge in [-0.2, -0.15) is 0 Å². The lowest BCUT2D eigenvalue weighted by molar-refractivity contribution is 0.0694. The van der Waals surface area contributed by atoms with Crippen LogP contribution in [0.1, 0.15) is 46.7 Å². The number of rotatable bonds is 4. The molecule has 2 aromatic heterocycles. The third-order valence-corrected chi connectivity index (χ3v) is 5.78. The van der Waals surface area contributed by atoms with Gasteiger partial charge in [-0.1, -0.05) is 0 Å². The van der Waals surface area contributed by atoms with Crippen LogP contribution in [0.25, 0.3) is 5.52 Å². The van der Waals surface area contributed by atoms with E-state index >= 15 is 4.39 Å². The van der Waals surface area contributed by atoms with Crippen LogP contribution in [0.5, 0.6) is 0 Å². The van der Waals surface area contributed by atoms with Crippen LogP contribution in [0.3, 0.4) is 0 Å². The number of nitrogens with two attached hydrogens (primary N) is 1. The molecular weight excluding hydrogens is 365 g/mol. The number of fused-ring (bicyclic) bond motifs is 1. The summed E-state index contributed by atoms with van der Waals surface area (Å²) in [5.74, 6) is -1.67. The van der Waals surface area contributed by atoms with Crippen molar-refractivity contribution in [2.24, 2.45) is 5.73 Å². The van der Waals surface area contributed by atoms with Gasteiger partial charge in [0.1, 0.15) is 5.56 Å². The number of carbonyl (C=O) groups is 1. The molecule has 150 valence electrons. The van der Waals surface area contributed by atoms with Gasteiger partial charge in [-0.15, -0.1) is 0 Å². The monoisotopic (exact) mass is 389 g/mol. The van der Waals surface area contributed by atoms with Crippen LogP contribution >= 0.6 is 0 Å². The zero-order chi connectivity index (χ0) is 20.2. The summed E-state index contributed by atoms with van der Waals surface area (Å²) in [6.45, 7) is 2.78. The van der Waals surface area contributed by atoms with E-state index < -0.39 is 17.3 Å². The number of methoxy groups -OCH3 is 1. The molecule has 0 unspecified atom stereocenters. The Morgan fingerprint density at radius 3 is 2.68 bits per heavy atom. The number of hydrogen-bond donors (Lipinski definition) is 2. The van der Waals surface area contributed by atoms with Crippen LogP contribution in [0.2, 0.25) is 0 Å². The van der Waals surface area contributed by atoms with Gasteiger partial charge in [-0.25, -0.2) is 9.18 Å².